The average Bonchev–Trinajstić information content (AvgIpc) is 3.20. The van der Waals surface area contributed by atoms with E-state index in [4.69, 9.17) is 0 Å². The van der Waals surface area contributed by atoms with E-state index in [1.165, 1.54) is 6.92 Å². The number of amides is 1. The molecule has 1 aliphatic rings. The number of carbonyl (C=O) groups is 1. The molecule has 3 aromatic heterocycles. The number of hydrogen-bond donors (Lipinski definition) is 2. The van der Waals surface area contributed by atoms with Crippen LogP contribution < -0.4 is 15.5 Å². The summed E-state index contributed by atoms with van der Waals surface area (Å²) in [7, 11) is 0. The lowest BCUT2D eigenvalue weighted by molar-refractivity contribution is -0.114. The fourth-order valence-electron chi connectivity index (χ4n) is 3.27. The van der Waals surface area contributed by atoms with Gasteiger partial charge in [0.15, 0.2) is 0 Å². The van der Waals surface area contributed by atoms with Crippen molar-refractivity contribution in [1.29, 1.82) is 5.26 Å². The lowest BCUT2D eigenvalue weighted by atomic mass is 10.1. The van der Waals surface area contributed by atoms with Crippen LogP contribution in [0, 0.1) is 11.3 Å². The van der Waals surface area contributed by atoms with Gasteiger partial charge in [0, 0.05) is 31.4 Å². The summed E-state index contributed by atoms with van der Waals surface area (Å²) in [5, 5.41) is 15.2. The highest BCUT2D eigenvalue weighted by Crippen LogP contribution is 2.27. The second-order valence-corrected chi connectivity index (χ2v) is 7.04. The van der Waals surface area contributed by atoms with Crippen LogP contribution in [0.15, 0.2) is 42.9 Å². The van der Waals surface area contributed by atoms with Gasteiger partial charge >= 0.3 is 0 Å². The molecule has 31 heavy (non-hydrogen) atoms. The lowest BCUT2D eigenvalue weighted by Gasteiger charge is -2.18. The van der Waals surface area contributed by atoms with Crippen molar-refractivity contribution in [3.63, 3.8) is 0 Å². The Hall–Kier alpha value is -4.13. The largest absolute Gasteiger partial charge is 0.352 e. The molecule has 156 valence electrons. The van der Waals surface area contributed by atoms with E-state index < -0.39 is 6.17 Å². The number of pyridine rings is 2. The third-order valence-electron chi connectivity index (χ3n) is 4.69. The molecular formula is C21H19FN8O. The Labute approximate surface area is 178 Å². The predicted octanol–water partition coefficient (Wildman–Crippen LogP) is 3.06. The number of carbonyl (C=O) groups excluding carboxylic acids is 1. The Bertz CT molecular complexity index is 1140. The molecule has 1 atom stereocenters. The van der Waals surface area contributed by atoms with Gasteiger partial charge in [0.1, 0.15) is 23.9 Å². The first-order chi connectivity index (χ1) is 15.0. The summed E-state index contributed by atoms with van der Waals surface area (Å²) in [6.07, 6.45) is 4.32. The van der Waals surface area contributed by atoms with Crippen LogP contribution >= 0.6 is 0 Å². The molecular weight excluding hydrogens is 399 g/mol. The second kappa shape index (κ2) is 8.71. The number of halogens is 1. The van der Waals surface area contributed by atoms with E-state index in [0.717, 1.165) is 0 Å². The Morgan fingerprint density at radius 1 is 1.26 bits per heavy atom. The molecule has 0 radical (unpaired) electrons. The number of hydrogen-bond acceptors (Lipinski definition) is 8. The summed E-state index contributed by atoms with van der Waals surface area (Å²) in [4.78, 5) is 30.1. The van der Waals surface area contributed by atoms with Gasteiger partial charge < -0.3 is 15.5 Å². The summed E-state index contributed by atoms with van der Waals surface area (Å²) in [5.41, 5.74) is 2.26. The molecule has 1 saturated heterocycles. The van der Waals surface area contributed by atoms with E-state index in [1.54, 1.807) is 47.8 Å². The van der Waals surface area contributed by atoms with E-state index in [1.807, 2.05) is 0 Å². The highest BCUT2D eigenvalue weighted by Gasteiger charge is 2.25. The Morgan fingerprint density at radius 3 is 2.81 bits per heavy atom. The summed E-state index contributed by atoms with van der Waals surface area (Å²) in [6.45, 7) is 2.20. The Morgan fingerprint density at radius 2 is 2.13 bits per heavy atom. The minimum atomic E-state index is -0.898. The topological polar surface area (TPSA) is 120 Å². The van der Waals surface area contributed by atoms with Crippen LogP contribution in [0.1, 0.15) is 18.9 Å². The molecule has 1 amide bonds. The average molecular weight is 418 g/mol. The number of nitriles is 1. The van der Waals surface area contributed by atoms with Gasteiger partial charge in [0.05, 0.1) is 29.7 Å². The third kappa shape index (κ3) is 4.72. The fraction of sp³-hybridized carbons (Fsp3) is 0.238. The highest BCUT2D eigenvalue weighted by atomic mass is 19.1. The van der Waals surface area contributed by atoms with Crippen LogP contribution in [0.4, 0.5) is 27.7 Å². The first-order valence-electron chi connectivity index (χ1n) is 9.65. The summed E-state index contributed by atoms with van der Waals surface area (Å²) in [6, 6.07) is 8.97. The standard InChI is InChI=1S/C21H19FN8O/c1-13(31)27-19-3-2-17(11-25-19)28-21-24-6-4-18(29-21)15-8-14(9-23)20(26-10-15)30-7-5-16(22)12-30/h2-4,6,8,10-11,16H,5,7,12H2,1H3,(H,24,28,29)(H,25,27,31). The predicted molar refractivity (Wildman–Crippen MR) is 114 cm³/mol. The zero-order valence-corrected chi connectivity index (χ0v) is 16.7. The molecule has 10 heteroatoms. The molecule has 0 aliphatic carbocycles. The molecule has 0 bridgehead atoms. The number of nitrogens with zero attached hydrogens (tertiary/aromatic N) is 6. The maximum atomic E-state index is 13.5. The molecule has 1 unspecified atom stereocenters. The zero-order valence-electron chi connectivity index (χ0n) is 16.7. The van der Waals surface area contributed by atoms with Gasteiger partial charge in [-0.3, -0.25) is 4.79 Å². The lowest BCUT2D eigenvalue weighted by Crippen LogP contribution is -2.22. The minimum absolute atomic E-state index is 0.199. The molecule has 0 aromatic carbocycles. The van der Waals surface area contributed by atoms with E-state index in [0.29, 0.717) is 53.1 Å². The van der Waals surface area contributed by atoms with Crippen molar-refractivity contribution >= 4 is 29.2 Å². The van der Waals surface area contributed by atoms with Gasteiger partial charge in [-0.15, -0.1) is 0 Å². The Kier molecular flexibility index (Phi) is 5.66. The molecule has 0 saturated carbocycles. The van der Waals surface area contributed by atoms with E-state index >= 15 is 0 Å². The van der Waals surface area contributed by atoms with Gasteiger partial charge in [-0.1, -0.05) is 0 Å². The number of alkyl halides is 1. The summed E-state index contributed by atoms with van der Waals surface area (Å²) in [5.74, 6) is 1.08. The van der Waals surface area contributed by atoms with Crippen LogP contribution in [0.25, 0.3) is 11.3 Å². The van der Waals surface area contributed by atoms with E-state index in [2.05, 4.69) is 36.6 Å². The summed E-state index contributed by atoms with van der Waals surface area (Å²) >= 11 is 0. The van der Waals surface area contributed by atoms with Crippen molar-refractivity contribution in [1.82, 2.24) is 19.9 Å². The van der Waals surface area contributed by atoms with E-state index in [-0.39, 0.29) is 12.5 Å². The molecule has 4 rings (SSSR count). The smallest absolute Gasteiger partial charge is 0.227 e. The second-order valence-electron chi connectivity index (χ2n) is 7.04. The van der Waals surface area contributed by atoms with Crippen molar-refractivity contribution in [2.45, 2.75) is 19.5 Å². The summed E-state index contributed by atoms with van der Waals surface area (Å²) < 4.78 is 13.5. The number of anilines is 4. The number of aromatic nitrogens is 4. The van der Waals surface area contributed by atoms with Crippen LogP contribution in [0.5, 0.6) is 0 Å². The van der Waals surface area contributed by atoms with Crippen molar-refractivity contribution < 1.29 is 9.18 Å². The Balaban J connectivity index is 1.54. The first-order valence-corrected chi connectivity index (χ1v) is 9.65. The van der Waals surface area contributed by atoms with Crippen molar-refractivity contribution in [2.75, 3.05) is 28.6 Å². The normalized spacial score (nSPS) is 15.4. The van der Waals surface area contributed by atoms with Crippen molar-refractivity contribution in [2.24, 2.45) is 0 Å². The van der Waals surface area contributed by atoms with Gasteiger partial charge in [-0.05, 0) is 30.7 Å². The van der Waals surface area contributed by atoms with Gasteiger partial charge in [-0.25, -0.2) is 24.3 Å². The van der Waals surface area contributed by atoms with Crippen LogP contribution in [0.3, 0.4) is 0 Å². The first kappa shape index (κ1) is 20.2. The SMILES string of the molecule is CC(=O)Nc1ccc(Nc2nccc(-c3cnc(N4CCC(F)C4)c(C#N)c3)n2)cn1. The number of rotatable bonds is 5. The van der Waals surface area contributed by atoms with Crippen molar-refractivity contribution in [3.8, 4) is 17.3 Å². The molecule has 1 aliphatic heterocycles. The van der Waals surface area contributed by atoms with Crippen LogP contribution in [-0.2, 0) is 4.79 Å². The quantitative estimate of drug-likeness (QED) is 0.649. The van der Waals surface area contributed by atoms with Crippen molar-refractivity contribution in [3.05, 3.63) is 48.4 Å². The van der Waals surface area contributed by atoms with Gasteiger partial charge in [-0.2, -0.15) is 5.26 Å². The zero-order chi connectivity index (χ0) is 21.8. The molecule has 0 spiro atoms. The third-order valence-corrected chi connectivity index (χ3v) is 4.69. The molecule has 3 aromatic rings. The maximum absolute atomic E-state index is 13.5. The number of nitrogens with one attached hydrogen (secondary N) is 2. The van der Waals surface area contributed by atoms with Crippen LogP contribution in [0.2, 0.25) is 0 Å². The highest BCUT2D eigenvalue weighted by molar-refractivity contribution is 5.87. The molecule has 1 fully saturated rings. The fourth-order valence-corrected chi connectivity index (χ4v) is 3.27. The molecule has 2 N–H and O–H groups in total. The van der Waals surface area contributed by atoms with Gasteiger partial charge in [0.25, 0.3) is 0 Å². The minimum Gasteiger partial charge on any atom is -0.352 e. The molecule has 4 heterocycles. The maximum Gasteiger partial charge on any atom is 0.227 e. The van der Waals surface area contributed by atoms with Gasteiger partial charge in [0.2, 0.25) is 11.9 Å². The monoisotopic (exact) mass is 418 g/mol. The van der Waals surface area contributed by atoms with Crippen LogP contribution in [-0.4, -0.2) is 45.1 Å². The van der Waals surface area contributed by atoms with E-state index in [9.17, 15) is 14.4 Å². The molecule has 9 nitrogen and oxygen atoms in total.